The molecule has 0 atom stereocenters. The van der Waals surface area contributed by atoms with Crippen molar-refractivity contribution in [3.05, 3.63) is 5.92 Å². The van der Waals surface area contributed by atoms with Crippen molar-refractivity contribution in [1.82, 2.24) is 0 Å². The van der Waals surface area contributed by atoms with Gasteiger partial charge in [0.15, 0.2) is 0 Å². The molecule has 0 aliphatic heterocycles. The average Bonchev–Trinajstić information content (AvgIpc) is 1.68. The van der Waals surface area contributed by atoms with Gasteiger partial charge in [-0.1, -0.05) is 6.92 Å². The molecule has 0 aliphatic carbocycles. The van der Waals surface area contributed by atoms with Gasteiger partial charge in [0.25, 0.3) is 0 Å². The largest absolute Gasteiger partial charge is 0.396 e. The van der Waals surface area contributed by atoms with Crippen LogP contribution in [0.15, 0.2) is 0 Å². The predicted octanol–water partition coefficient (Wildman–Crippen LogP) is 0.219. The Bertz CT molecular complexity index is 37.1. The van der Waals surface area contributed by atoms with Crippen molar-refractivity contribution in [3.8, 4) is 0 Å². The first kappa shape index (κ1) is 6.92. The smallest absolute Gasteiger partial charge is 0.0544 e. The topological polar surface area (TPSA) is 29.5 Å². The zero-order valence-corrected chi connectivity index (χ0v) is 4.77. The number of rotatable bonds is 3. The van der Waals surface area contributed by atoms with Gasteiger partial charge in [0.2, 0.25) is 0 Å². The molecule has 0 unspecified atom stereocenters. The predicted molar refractivity (Wildman–Crippen MR) is 27.9 cm³/mol. The van der Waals surface area contributed by atoms with E-state index in [4.69, 9.17) is 9.84 Å². The van der Waals surface area contributed by atoms with Crippen LogP contribution in [0.2, 0.25) is 0 Å². The highest BCUT2D eigenvalue weighted by Crippen LogP contribution is 1.93. The molecular weight excluding hydrogens is 92.1 g/mol. The van der Waals surface area contributed by atoms with Gasteiger partial charge in [-0.25, -0.2) is 0 Å². The average molecular weight is 103 g/mol. The molecule has 0 bridgehead atoms. The van der Waals surface area contributed by atoms with Crippen molar-refractivity contribution < 1.29 is 9.84 Å². The van der Waals surface area contributed by atoms with Crippen LogP contribution in [0.1, 0.15) is 6.92 Å². The van der Waals surface area contributed by atoms with Crippen LogP contribution in [0, 0.1) is 5.92 Å². The summed E-state index contributed by atoms with van der Waals surface area (Å²) in [5.41, 5.74) is 0. The Morgan fingerprint density at radius 1 is 1.71 bits per heavy atom. The molecule has 0 rings (SSSR count). The minimum Gasteiger partial charge on any atom is -0.396 e. The minimum absolute atomic E-state index is 0.133. The molecule has 1 radical (unpaired) electrons. The fraction of sp³-hybridized carbons (Fsp3) is 0.800. The summed E-state index contributed by atoms with van der Waals surface area (Å²) in [7, 11) is 1.61. The lowest BCUT2D eigenvalue weighted by Gasteiger charge is -2.01. The minimum atomic E-state index is 0.133. The molecule has 2 heteroatoms. The maximum atomic E-state index is 8.35. The van der Waals surface area contributed by atoms with Crippen LogP contribution in [0.25, 0.3) is 0 Å². The highest BCUT2D eigenvalue weighted by Gasteiger charge is 1.95. The summed E-state index contributed by atoms with van der Waals surface area (Å²) in [4.78, 5) is 0. The van der Waals surface area contributed by atoms with Crippen LogP contribution in [0.3, 0.4) is 0 Å². The number of methoxy groups -OCH3 is 1. The highest BCUT2D eigenvalue weighted by molar-refractivity contribution is 4.81. The van der Waals surface area contributed by atoms with E-state index in [0.29, 0.717) is 6.61 Å². The lowest BCUT2D eigenvalue weighted by molar-refractivity contribution is 0.185. The van der Waals surface area contributed by atoms with Gasteiger partial charge in [0, 0.05) is 13.0 Å². The van der Waals surface area contributed by atoms with E-state index in [1.165, 1.54) is 0 Å². The lowest BCUT2D eigenvalue weighted by atomic mass is 10.2. The summed E-state index contributed by atoms with van der Waals surface area (Å²) in [6, 6.07) is 0. The number of hydrogen-bond acceptors (Lipinski definition) is 2. The second-order valence-corrected chi connectivity index (χ2v) is 1.55. The van der Waals surface area contributed by atoms with Crippen molar-refractivity contribution in [2.75, 3.05) is 20.3 Å². The molecule has 7 heavy (non-hydrogen) atoms. The first-order chi connectivity index (χ1) is 3.31. The number of aliphatic hydroxyl groups is 1. The van der Waals surface area contributed by atoms with Gasteiger partial charge in [-0.05, 0) is 0 Å². The van der Waals surface area contributed by atoms with Crippen molar-refractivity contribution >= 4 is 0 Å². The monoisotopic (exact) mass is 103 g/mol. The summed E-state index contributed by atoms with van der Waals surface area (Å²) in [5, 5.41) is 8.35. The summed E-state index contributed by atoms with van der Waals surface area (Å²) in [6.45, 7) is 2.55. The van der Waals surface area contributed by atoms with Crippen LogP contribution < -0.4 is 0 Å². The fourth-order valence-corrected chi connectivity index (χ4v) is 0.292. The van der Waals surface area contributed by atoms with E-state index >= 15 is 0 Å². The Hall–Kier alpha value is -0.0800. The van der Waals surface area contributed by atoms with Crippen molar-refractivity contribution in [2.45, 2.75) is 6.92 Å². The van der Waals surface area contributed by atoms with Crippen LogP contribution in [0.4, 0.5) is 0 Å². The Morgan fingerprint density at radius 3 is 2.43 bits per heavy atom. The van der Waals surface area contributed by atoms with E-state index in [1.54, 1.807) is 7.11 Å². The molecule has 43 valence electrons. The molecule has 0 heterocycles. The van der Waals surface area contributed by atoms with Crippen LogP contribution in [-0.2, 0) is 4.74 Å². The summed E-state index contributed by atoms with van der Waals surface area (Å²) >= 11 is 0. The quantitative estimate of drug-likeness (QED) is 0.553. The van der Waals surface area contributed by atoms with E-state index in [2.05, 4.69) is 0 Å². The second-order valence-electron chi connectivity index (χ2n) is 1.55. The molecule has 0 aliphatic rings. The van der Waals surface area contributed by atoms with Crippen molar-refractivity contribution in [2.24, 2.45) is 0 Å². The third kappa shape index (κ3) is 3.76. The summed E-state index contributed by atoms with van der Waals surface area (Å²) < 4.78 is 4.70. The molecule has 1 N–H and O–H groups in total. The lowest BCUT2D eigenvalue weighted by Crippen LogP contribution is -2.04. The molecule has 2 nitrogen and oxygen atoms in total. The Morgan fingerprint density at radius 2 is 2.29 bits per heavy atom. The van der Waals surface area contributed by atoms with Crippen molar-refractivity contribution in [1.29, 1.82) is 0 Å². The molecule has 0 saturated carbocycles. The van der Waals surface area contributed by atoms with E-state index in [9.17, 15) is 0 Å². The van der Waals surface area contributed by atoms with E-state index in [1.807, 2.05) is 6.92 Å². The van der Waals surface area contributed by atoms with Crippen molar-refractivity contribution in [3.63, 3.8) is 0 Å². The van der Waals surface area contributed by atoms with Gasteiger partial charge in [-0.15, -0.1) is 0 Å². The van der Waals surface area contributed by atoms with E-state index in [-0.39, 0.29) is 6.61 Å². The number of hydrogen-bond donors (Lipinski definition) is 1. The van der Waals surface area contributed by atoms with Gasteiger partial charge in [-0.2, -0.15) is 0 Å². The maximum absolute atomic E-state index is 8.35. The van der Waals surface area contributed by atoms with E-state index < -0.39 is 0 Å². The second kappa shape index (κ2) is 4.09. The molecule has 0 amide bonds. The molecular formula is C5H11O2. The van der Waals surface area contributed by atoms with Gasteiger partial charge in [0.05, 0.1) is 13.2 Å². The van der Waals surface area contributed by atoms with Gasteiger partial charge in [0.1, 0.15) is 0 Å². The first-order valence-electron chi connectivity index (χ1n) is 2.22. The normalized spacial score (nSPS) is 10.3. The molecule has 0 aromatic rings. The third-order valence-corrected chi connectivity index (χ3v) is 0.661. The zero-order valence-electron chi connectivity index (χ0n) is 4.77. The van der Waals surface area contributed by atoms with Gasteiger partial charge < -0.3 is 9.84 Å². The standard InChI is InChI=1S/C5H11O2/c1-5(3-6)4-7-2/h6H,3-4H2,1-2H3. The molecule has 0 saturated heterocycles. The zero-order chi connectivity index (χ0) is 5.70. The molecule has 0 spiro atoms. The molecule has 0 fully saturated rings. The third-order valence-electron chi connectivity index (χ3n) is 0.661. The van der Waals surface area contributed by atoms with Crippen LogP contribution >= 0.6 is 0 Å². The Kier molecular flexibility index (Phi) is 4.04. The first-order valence-corrected chi connectivity index (χ1v) is 2.22. The summed E-state index contributed by atoms with van der Waals surface area (Å²) in [5.74, 6) is 0.961. The maximum Gasteiger partial charge on any atom is 0.0544 e. The van der Waals surface area contributed by atoms with E-state index in [0.717, 1.165) is 5.92 Å². The van der Waals surface area contributed by atoms with Gasteiger partial charge >= 0.3 is 0 Å². The highest BCUT2D eigenvalue weighted by atomic mass is 16.5. The van der Waals surface area contributed by atoms with Crippen LogP contribution in [0.5, 0.6) is 0 Å². The molecule has 0 aromatic heterocycles. The summed E-state index contributed by atoms with van der Waals surface area (Å²) in [6.07, 6.45) is 0. The fourth-order valence-electron chi connectivity index (χ4n) is 0.292. The Labute approximate surface area is 44.1 Å². The number of ether oxygens (including phenoxy) is 1. The van der Waals surface area contributed by atoms with Crippen LogP contribution in [-0.4, -0.2) is 25.4 Å². The molecule has 0 aromatic carbocycles. The van der Waals surface area contributed by atoms with Gasteiger partial charge in [-0.3, -0.25) is 0 Å². The Balaban J connectivity index is 2.83. The SMILES string of the molecule is COC[C](C)CO. The number of aliphatic hydroxyl groups excluding tert-OH is 1.